The van der Waals surface area contributed by atoms with Crippen molar-refractivity contribution in [2.75, 3.05) is 5.32 Å². The van der Waals surface area contributed by atoms with E-state index in [1.165, 1.54) is 29.1 Å². The van der Waals surface area contributed by atoms with Crippen molar-refractivity contribution in [1.29, 1.82) is 0 Å². The van der Waals surface area contributed by atoms with E-state index in [0.717, 1.165) is 0 Å². The summed E-state index contributed by atoms with van der Waals surface area (Å²) in [6.45, 7) is 3.34. The van der Waals surface area contributed by atoms with Crippen LogP contribution in [0.25, 0.3) is 0 Å². The van der Waals surface area contributed by atoms with Crippen LogP contribution in [0.4, 0.5) is 11.4 Å². The monoisotopic (exact) mass is 342 g/mol. The van der Waals surface area contributed by atoms with Gasteiger partial charge in [-0.15, -0.1) is 0 Å². The third-order valence-corrected chi connectivity index (χ3v) is 3.75. The molecule has 0 saturated carbocycles. The number of nitro benzene ring substituents is 1. The van der Waals surface area contributed by atoms with E-state index in [1.54, 1.807) is 13.8 Å². The predicted octanol–water partition coefficient (Wildman–Crippen LogP) is 3.61. The van der Waals surface area contributed by atoms with Gasteiger partial charge in [0.25, 0.3) is 5.69 Å². The Labute approximate surface area is 136 Å². The summed E-state index contributed by atoms with van der Waals surface area (Å²) in [5.74, 6) is -0.451. The lowest BCUT2D eigenvalue weighted by Crippen LogP contribution is -2.25. The van der Waals surface area contributed by atoms with Gasteiger partial charge < -0.3 is 5.32 Å². The lowest BCUT2D eigenvalue weighted by atomic mass is 10.2. The number of rotatable bonds is 4. The number of anilines is 1. The maximum Gasteiger partial charge on any atom is 0.294 e. The van der Waals surface area contributed by atoms with Crippen molar-refractivity contribution in [1.82, 2.24) is 9.78 Å². The number of carbonyl (C=O) groups excluding carboxylic acids is 1. The van der Waals surface area contributed by atoms with Crippen molar-refractivity contribution in [3.8, 4) is 0 Å². The Morgan fingerprint density at radius 3 is 2.68 bits per heavy atom. The molecule has 2 rings (SSSR count). The number of amides is 1. The van der Waals surface area contributed by atoms with E-state index in [-0.39, 0.29) is 16.4 Å². The minimum absolute atomic E-state index is 0.0714. The van der Waals surface area contributed by atoms with Crippen molar-refractivity contribution < 1.29 is 9.72 Å². The molecular weight excluding hydrogens is 331 g/mol. The van der Waals surface area contributed by atoms with Gasteiger partial charge in [-0.25, -0.2) is 0 Å². The zero-order valence-electron chi connectivity index (χ0n) is 11.7. The molecule has 1 N–H and O–H groups in total. The van der Waals surface area contributed by atoms with Gasteiger partial charge in [-0.05, 0) is 26.0 Å². The predicted molar refractivity (Wildman–Crippen MR) is 83.4 cm³/mol. The van der Waals surface area contributed by atoms with Crippen LogP contribution in [-0.4, -0.2) is 20.6 Å². The number of hydrogen-bond acceptors (Lipinski definition) is 4. The first-order valence-electron chi connectivity index (χ1n) is 6.25. The summed E-state index contributed by atoms with van der Waals surface area (Å²) in [6.07, 6.45) is 1.44. The summed E-state index contributed by atoms with van der Waals surface area (Å²) < 4.78 is 1.44. The van der Waals surface area contributed by atoms with E-state index in [0.29, 0.717) is 10.7 Å². The molecule has 1 heterocycles. The van der Waals surface area contributed by atoms with Crippen LogP contribution in [0.15, 0.2) is 24.4 Å². The van der Waals surface area contributed by atoms with Gasteiger partial charge in [0.05, 0.1) is 21.8 Å². The Kier molecular flexibility index (Phi) is 4.68. The SMILES string of the molecule is Cc1c(Cl)cnn1C(C)C(=O)Nc1ccc(Cl)cc1[N+](=O)[O-]. The van der Waals surface area contributed by atoms with Crippen LogP contribution in [0.1, 0.15) is 18.7 Å². The lowest BCUT2D eigenvalue weighted by molar-refractivity contribution is -0.383. The van der Waals surface area contributed by atoms with E-state index >= 15 is 0 Å². The quantitative estimate of drug-likeness (QED) is 0.678. The molecule has 0 radical (unpaired) electrons. The van der Waals surface area contributed by atoms with E-state index in [4.69, 9.17) is 23.2 Å². The van der Waals surface area contributed by atoms with Gasteiger partial charge in [-0.3, -0.25) is 19.6 Å². The third-order valence-electron chi connectivity index (χ3n) is 3.15. The van der Waals surface area contributed by atoms with Crippen LogP contribution >= 0.6 is 23.2 Å². The molecule has 7 nitrogen and oxygen atoms in total. The number of nitrogens with zero attached hydrogens (tertiary/aromatic N) is 3. The molecule has 0 fully saturated rings. The van der Waals surface area contributed by atoms with Crippen molar-refractivity contribution in [2.45, 2.75) is 19.9 Å². The standard InChI is InChI=1S/C13H12Cl2N4O3/c1-7-10(15)6-16-18(7)8(2)13(20)17-11-4-3-9(14)5-12(11)19(21)22/h3-6,8H,1-2H3,(H,17,20). The fraction of sp³-hybridized carbons (Fsp3) is 0.231. The average molecular weight is 343 g/mol. The largest absolute Gasteiger partial charge is 0.319 e. The molecule has 22 heavy (non-hydrogen) atoms. The molecule has 116 valence electrons. The highest BCUT2D eigenvalue weighted by Crippen LogP contribution is 2.28. The number of halogens is 2. The third kappa shape index (κ3) is 3.20. The molecule has 0 aliphatic carbocycles. The number of hydrogen-bond donors (Lipinski definition) is 1. The van der Waals surface area contributed by atoms with Crippen LogP contribution in [-0.2, 0) is 4.79 Å². The maximum atomic E-state index is 12.3. The molecule has 1 amide bonds. The highest BCUT2D eigenvalue weighted by Gasteiger charge is 2.22. The number of aromatic nitrogens is 2. The second-order valence-electron chi connectivity index (χ2n) is 4.61. The molecule has 1 unspecified atom stereocenters. The van der Waals surface area contributed by atoms with Gasteiger partial charge in [0, 0.05) is 11.1 Å². The van der Waals surface area contributed by atoms with Crippen molar-refractivity contribution in [2.24, 2.45) is 0 Å². The molecule has 9 heteroatoms. The van der Waals surface area contributed by atoms with Crippen molar-refractivity contribution in [3.63, 3.8) is 0 Å². The van der Waals surface area contributed by atoms with E-state index in [9.17, 15) is 14.9 Å². The van der Waals surface area contributed by atoms with Crippen LogP contribution in [0, 0.1) is 17.0 Å². The molecular formula is C13H12Cl2N4O3. The minimum atomic E-state index is -0.678. The van der Waals surface area contributed by atoms with E-state index in [2.05, 4.69) is 10.4 Å². The number of carbonyl (C=O) groups is 1. The highest BCUT2D eigenvalue weighted by molar-refractivity contribution is 6.31. The number of benzene rings is 1. The Morgan fingerprint density at radius 1 is 1.45 bits per heavy atom. The Hall–Kier alpha value is -2.12. The van der Waals surface area contributed by atoms with Crippen molar-refractivity contribution in [3.05, 3.63) is 50.2 Å². The molecule has 0 aliphatic heterocycles. The second-order valence-corrected chi connectivity index (χ2v) is 5.45. The molecule has 0 saturated heterocycles. The summed E-state index contributed by atoms with van der Waals surface area (Å²) in [4.78, 5) is 22.7. The molecule has 0 spiro atoms. The fourth-order valence-corrected chi connectivity index (χ4v) is 2.20. The summed E-state index contributed by atoms with van der Waals surface area (Å²) in [5.41, 5.74) is 0.431. The molecule has 1 aromatic heterocycles. The smallest absolute Gasteiger partial charge is 0.294 e. The van der Waals surface area contributed by atoms with E-state index in [1.807, 2.05) is 0 Å². The normalized spacial score (nSPS) is 12.0. The molecule has 0 bridgehead atoms. The van der Waals surface area contributed by atoms with Gasteiger partial charge in [0.1, 0.15) is 11.7 Å². The summed E-state index contributed by atoms with van der Waals surface area (Å²) in [6, 6.07) is 3.35. The summed E-state index contributed by atoms with van der Waals surface area (Å²) in [5, 5.41) is 18.2. The molecule has 1 aromatic carbocycles. The van der Waals surface area contributed by atoms with Gasteiger partial charge in [0.2, 0.25) is 5.91 Å². The second kappa shape index (κ2) is 6.33. The lowest BCUT2D eigenvalue weighted by Gasteiger charge is -2.14. The summed E-state index contributed by atoms with van der Waals surface area (Å²) in [7, 11) is 0. The van der Waals surface area contributed by atoms with E-state index < -0.39 is 16.9 Å². The summed E-state index contributed by atoms with van der Waals surface area (Å²) >= 11 is 11.6. The van der Waals surface area contributed by atoms with Gasteiger partial charge in [-0.1, -0.05) is 23.2 Å². The fourth-order valence-electron chi connectivity index (χ4n) is 1.90. The van der Waals surface area contributed by atoms with Crippen molar-refractivity contribution >= 4 is 40.5 Å². The zero-order valence-corrected chi connectivity index (χ0v) is 13.2. The topological polar surface area (TPSA) is 90.1 Å². The average Bonchev–Trinajstić information content (AvgIpc) is 2.79. The van der Waals surface area contributed by atoms with Gasteiger partial charge >= 0.3 is 0 Å². The maximum absolute atomic E-state index is 12.3. The molecule has 2 aromatic rings. The Morgan fingerprint density at radius 2 is 2.14 bits per heavy atom. The van der Waals surface area contributed by atoms with Gasteiger partial charge in [-0.2, -0.15) is 5.10 Å². The zero-order chi connectivity index (χ0) is 16.4. The molecule has 1 atom stereocenters. The van der Waals surface area contributed by atoms with Crippen LogP contribution in [0.3, 0.4) is 0 Å². The van der Waals surface area contributed by atoms with Crippen LogP contribution < -0.4 is 5.32 Å². The minimum Gasteiger partial charge on any atom is -0.319 e. The molecule has 0 aliphatic rings. The number of nitrogens with one attached hydrogen (secondary N) is 1. The first kappa shape index (κ1) is 16.3. The van der Waals surface area contributed by atoms with Crippen LogP contribution in [0.5, 0.6) is 0 Å². The highest BCUT2D eigenvalue weighted by atomic mass is 35.5. The first-order chi connectivity index (χ1) is 10.3. The Bertz CT molecular complexity index is 745. The number of nitro groups is 1. The Balaban J connectivity index is 2.26. The van der Waals surface area contributed by atoms with Crippen LogP contribution in [0.2, 0.25) is 10.0 Å². The first-order valence-corrected chi connectivity index (χ1v) is 7.01. The van der Waals surface area contributed by atoms with Gasteiger partial charge in [0.15, 0.2) is 0 Å².